The van der Waals surface area contributed by atoms with Crippen LogP contribution in [0.4, 0.5) is 4.39 Å². The molecule has 25 heavy (non-hydrogen) atoms. The first kappa shape index (κ1) is 18.9. The zero-order valence-electron chi connectivity index (χ0n) is 14.1. The Morgan fingerprint density at radius 1 is 1.08 bits per heavy atom. The standard InChI is InChI=1S/C18H22FN3O2S/c1-20-18(22-14-15-7-5-8-16(19)13-15)21-11-6-12-25(23,24)17-9-3-2-4-10-17/h2-5,7-10,13H,6,11-12,14H2,1H3,(H2,20,21,22). The van der Waals surface area contributed by atoms with Gasteiger partial charge < -0.3 is 10.6 Å². The fraction of sp³-hybridized carbons (Fsp3) is 0.278. The van der Waals surface area contributed by atoms with Crippen molar-refractivity contribution < 1.29 is 12.8 Å². The third-order valence-corrected chi connectivity index (χ3v) is 5.37. The van der Waals surface area contributed by atoms with Crippen LogP contribution in [0.3, 0.4) is 0 Å². The molecule has 0 fully saturated rings. The molecule has 0 radical (unpaired) electrons. The maximum absolute atomic E-state index is 13.1. The smallest absolute Gasteiger partial charge is 0.191 e. The summed E-state index contributed by atoms with van der Waals surface area (Å²) in [5, 5.41) is 6.12. The van der Waals surface area contributed by atoms with Gasteiger partial charge >= 0.3 is 0 Å². The summed E-state index contributed by atoms with van der Waals surface area (Å²) in [6.45, 7) is 0.897. The van der Waals surface area contributed by atoms with Crippen molar-refractivity contribution in [1.29, 1.82) is 0 Å². The van der Waals surface area contributed by atoms with Crippen molar-refractivity contribution in [3.8, 4) is 0 Å². The Balaban J connectivity index is 1.76. The molecule has 0 saturated carbocycles. The molecule has 134 valence electrons. The van der Waals surface area contributed by atoms with Gasteiger partial charge in [-0.15, -0.1) is 0 Å². The Bertz CT molecular complexity index is 808. The van der Waals surface area contributed by atoms with Crippen molar-refractivity contribution in [3.05, 3.63) is 66.0 Å². The lowest BCUT2D eigenvalue weighted by atomic mass is 10.2. The van der Waals surface area contributed by atoms with Crippen molar-refractivity contribution >= 4 is 15.8 Å². The largest absolute Gasteiger partial charge is 0.356 e. The van der Waals surface area contributed by atoms with Gasteiger partial charge in [-0.1, -0.05) is 30.3 Å². The summed E-state index contributed by atoms with van der Waals surface area (Å²) >= 11 is 0. The average Bonchev–Trinajstić information content (AvgIpc) is 2.62. The van der Waals surface area contributed by atoms with Gasteiger partial charge in [0.05, 0.1) is 10.6 Å². The van der Waals surface area contributed by atoms with Gasteiger partial charge in [0.25, 0.3) is 0 Å². The van der Waals surface area contributed by atoms with Gasteiger partial charge in [0.2, 0.25) is 0 Å². The number of rotatable bonds is 7. The Hall–Kier alpha value is -2.41. The lowest BCUT2D eigenvalue weighted by Gasteiger charge is -2.12. The molecule has 7 heteroatoms. The third-order valence-electron chi connectivity index (χ3n) is 3.56. The van der Waals surface area contributed by atoms with E-state index in [1.165, 1.54) is 12.1 Å². The minimum Gasteiger partial charge on any atom is -0.356 e. The second kappa shape index (κ2) is 9.17. The van der Waals surface area contributed by atoms with Crippen molar-refractivity contribution in [2.45, 2.75) is 17.9 Å². The number of hydrogen-bond acceptors (Lipinski definition) is 3. The molecule has 2 rings (SSSR count). The maximum atomic E-state index is 13.1. The summed E-state index contributed by atoms with van der Waals surface area (Å²) in [6, 6.07) is 14.7. The maximum Gasteiger partial charge on any atom is 0.191 e. The molecular formula is C18H22FN3O2S. The fourth-order valence-electron chi connectivity index (χ4n) is 2.27. The number of benzene rings is 2. The van der Waals surface area contributed by atoms with Gasteiger partial charge in [-0.05, 0) is 36.2 Å². The average molecular weight is 363 g/mol. The van der Waals surface area contributed by atoms with E-state index < -0.39 is 9.84 Å². The molecule has 0 saturated heterocycles. The molecule has 0 atom stereocenters. The van der Waals surface area contributed by atoms with Crippen LogP contribution in [-0.4, -0.2) is 33.7 Å². The van der Waals surface area contributed by atoms with E-state index in [1.807, 2.05) is 6.07 Å². The van der Waals surface area contributed by atoms with Gasteiger partial charge in [-0.2, -0.15) is 0 Å². The molecule has 0 heterocycles. The predicted octanol–water partition coefficient (Wildman–Crippen LogP) is 2.35. The number of hydrogen-bond donors (Lipinski definition) is 2. The molecule has 5 nitrogen and oxygen atoms in total. The molecule has 2 aromatic carbocycles. The molecule has 0 bridgehead atoms. The first-order valence-corrected chi connectivity index (χ1v) is 9.63. The zero-order chi connectivity index (χ0) is 18.1. The highest BCUT2D eigenvalue weighted by molar-refractivity contribution is 7.91. The van der Waals surface area contributed by atoms with Crippen molar-refractivity contribution in [3.63, 3.8) is 0 Å². The lowest BCUT2D eigenvalue weighted by Crippen LogP contribution is -2.37. The summed E-state index contributed by atoms with van der Waals surface area (Å²) in [4.78, 5) is 4.41. The molecule has 0 aliphatic rings. The van der Waals surface area contributed by atoms with Crippen molar-refractivity contribution in [2.24, 2.45) is 4.99 Å². The normalized spacial score (nSPS) is 12.0. The molecule has 0 aromatic heterocycles. The molecule has 2 N–H and O–H groups in total. The van der Waals surface area contributed by atoms with E-state index in [4.69, 9.17) is 0 Å². The number of aliphatic imine (C=N–C) groups is 1. The van der Waals surface area contributed by atoms with E-state index >= 15 is 0 Å². The van der Waals surface area contributed by atoms with Crippen LogP contribution in [0, 0.1) is 5.82 Å². The topological polar surface area (TPSA) is 70.6 Å². The van der Waals surface area contributed by atoms with E-state index in [0.717, 1.165) is 5.56 Å². The highest BCUT2D eigenvalue weighted by Crippen LogP contribution is 2.10. The van der Waals surface area contributed by atoms with Gasteiger partial charge in [0.1, 0.15) is 5.82 Å². The van der Waals surface area contributed by atoms with Crippen LogP contribution in [0.25, 0.3) is 0 Å². The molecule has 0 unspecified atom stereocenters. The van der Waals surface area contributed by atoms with Crippen LogP contribution in [0.15, 0.2) is 64.5 Å². The Morgan fingerprint density at radius 3 is 2.52 bits per heavy atom. The number of halogens is 1. The van der Waals surface area contributed by atoms with E-state index in [2.05, 4.69) is 15.6 Å². The Kier molecular flexibility index (Phi) is 6.94. The number of nitrogens with one attached hydrogen (secondary N) is 2. The first-order chi connectivity index (χ1) is 12.0. The fourth-order valence-corrected chi connectivity index (χ4v) is 3.60. The van der Waals surface area contributed by atoms with Gasteiger partial charge in [-0.3, -0.25) is 4.99 Å². The van der Waals surface area contributed by atoms with Crippen LogP contribution >= 0.6 is 0 Å². The van der Waals surface area contributed by atoms with Crippen molar-refractivity contribution in [1.82, 2.24) is 10.6 Å². The second-order valence-corrected chi connectivity index (χ2v) is 7.58. The molecule has 2 aromatic rings. The van der Waals surface area contributed by atoms with Crippen LogP contribution in [0.2, 0.25) is 0 Å². The van der Waals surface area contributed by atoms with Crippen LogP contribution < -0.4 is 10.6 Å². The number of guanidine groups is 1. The van der Waals surface area contributed by atoms with Crippen LogP contribution in [0.5, 0.6) is 0 Å². The summed E-state index contributed by atoms with van der Waals surface area (Å²) in [6.07, 6.45) is 0.456. The molecule has 0 aliphatic heterocycles. The number of sulfone groups is 1. The Labute approximate surface area is 147 Å². The zero-order valence-corrected chi connectivity index (χ0v) is 14.9. The third kappa shape index (κ3) is 6.19. The van der Waals surface area contributed by atoms with E-state index in [-0.39, 0.29) is 11.6 Å². The summed E-state index contributed by atoms with van der Waals surface area (Å²) in [5.74, 6) is 0.319. The highest BCUT2D eigenvalue weighted by Gasteiger charge is 2.13. The minimum atomic E-state index is -3.27. The lowest BCUT2D eigenvalue weighted by molar-refractivity contribution is 0.592. The highest BCUT2D eigenvalue weighted by atomic mass is 32.2. The summed E-state index contributed by atoms with van der Waals surface area (Å²) in [5.41, 5.74) is 0.801. The first-order valence-electron chi connectivity index (χ1n) is 7.98. The van der Waals surface area contributed by atoms with E-state index in [1.54, 1.807) is 43.4 Å². The molecule has 0 aliphatic carbocycles. The molecular weight excluding hydrogens is 341 g/mol. The minimum absolute atomic E-state index is 0.0604. The van der Waals surface area contributed by atoms with Gasteiger partial charge in [0, 0.05) is 20.1 Å². The number of nitrogens with zero attached hydrogens (tertiary/aromatic N) is 1. The Morgan fingerprint density at radius 2 is 1.84 bits per heavy atom. The molecule has 0 amide bonds. The van der Waals surface area contributed by atoms with Gasteiger partial charge in [-0.25, -0.2) is 12.8 Å². The van der Waals surface area contributed by atoms with E-state index in [9.17, 15) is 12.8 Å². The summed E-state index contributed by atoms with van der Waals surface area (Å²) in [7, 11) is -1.64. The van der Waals surface area contributed by atoms with Crippen LogP contribution in [0.1, 0.15) is 12.0 Å². The monoisotopic (exact) mass is 363 g/mol. The van der Waals surface area contributed by atoms with Crippen LogP contribution in [-0.2, 0) is 16.4 Å². The van der Waals surface area contributed by atoms with Gasteiger partial charge in [0.15, 0.2) is 15.8 Å². The summed E-state index contributed by atoms with van der Waals surface area (Å²) < 4.78 is 37.5. The quantitative estimate of drug-likeness (QED) is 0.450. The van der Waals surface area contributed by atoms with E-state index in [0.29, 0.717) is 30.4 Å². The second-order valence-electron chi connectivity index (χ2n) is 5.47. The predicted molar refractivity (Wildman–Crippen MR) is 97.7 cm³/mol. The van der Waals surface area contributed by atoms with Crippen molar-refractivity contribution in [2.75, 3.05) is 19.3 Å². The molecule has 0 spiro atoms. The SMILES string of the molecule is CN=C(NCCCS(=O)(=O)c1ccccc1)NCc1cccc(F)c1.